The number of H-pyrrole nitrogens is 1. The van der Waals surface area contributed by atoms with Crippen LogP contribution in [0.1, 0.15) is 27.2 Å². The van der Waals surface area contributed by atoms with E-state index in [0.717, 1.165) is 37.4 Å². The Labute approximate surface area is 225 Å². The minimum absolute atomic E-state index is 0.209. The van der Waals surface area contributed by atoms with Gasteiger partial charge in [-0.25, -0.2) is 4.79 Å². The standard InChI is InChI=1S/C31H28N2O4S/c1-36-27-15-13-23(17-28(27)37-20-21-8-4-2-5-9-21)19-32-18-22-12-14-25-26(16-22)33-29(31(34)35)30(25)38-24-10-6-3-7-11-24/h2-17,32-33H,18-20H2,1H3,(H,34,35). The molecule has 5 aromatic rings. The van der Waals surface area contributed by atoms with Crippen molar-refractivity contribution in [1.82, 2.24) is 10.3 Å². The Hall–Kier alpha value is -4.20. The zero-order valence-electron chi connectivity index (χ0n) is 20.9. The van der Waals surface area contributed by atoms with Gasteiger partial charge in [0.05, 0.1) is 12.0 Å². The molecule has 0 bridgehead atoms. The lowest BCUT2D eigenvalue weighted by Gasteiger charge is -2.13. The first-order valence-corrected chi connectivity index (χ1v) is 13.1. The summed E-state index contributed by atoms with van der Waals surface area (Å²) in [5.74, 6) is 0.428. The van der Waals surface area contributed by atoms with Crippen molar-refractivity contribution in [3.05, 3.63) is 119 Å². The van der Waals surface area contributed by atoms with E-state index in [-0.39, 0.29) is 5.69 Å². The molecule has 192 valence electrons. The van der Waals surface area contributed by atoms with Gasteiger partial charge in [-0.05, 0) is 47.0 Å². The number of aromatic carboxylic acids is 1. The summed E-state index contributed by atoms with van der Waals surface area (Å²) in [4.78, 5) is 16.7. The molecule has 0 aliphatic rings. The number of carboxylic acid groups (broad SMARTS) is 1. The number of ether oxygens (including phenoxy) is 2. The number of methoxy groups -OCH3 is 1. The van der Waals surface area contributed by atoms with Gasteiger partial charge in [0.2, 0.25) is 0 Å². The van der Waals surface area contributed by atoms with Crippen LogP contribution < -0.4 is 14.8 Å². The highest BCUT2D eigenvalue weighted by Crippen LogP contribution is 2.37. The lowest BCUT2D eigenvalue weighted by atomic mass is 10.1. The fourth-order valence-corrected chi connectivity index (χ4v) is 5.28. The van der Waals surface area contributed by atoms with E-state index in [9.17, 15) is 9.90 Å². The van der Waals surface area contributed by atoms with Gasteiger partial charge in [0.15, 0.2) is 11.5 Å². The van der Waals surface area contributed by atoms with E-state index >= 15 is 0 Å². The summed E-state index contributed by atoms with van der Waals surface area (Å²) in [6.45, 7) is 1.74. The number of rotatable bonds is 11. The van der Waals surface area contributed by atoms with Gasteiger partial charge in [-0.3, -0.25) is 0 Å². The molecule has 38 heavy (non-hydrogen) atoms. The van der Waals surface area contributed by atoms with Crippen LogP contribution in [-0.4, -0.2) is 23.2 Å². The minimum Gasteiger partial charge on any atom is -0.493 e. The van der Waals surface area contributed by atoms with Crippen LogP contribution in [0.25, 0.3) is 10.9 Å². The second-order valence-electron chi connectivity index (χ2n) is 8.79. The van der Waals surface area contributed by atoms with Crippen molar-refractivity contribution in [2.45, 2.75) is 29.5 Å². The molecule has 0 radical (unpaired) electrons. The maximum Gasteiger partial charge on any atom is 0.353 e. The van der Waals surface area contributed by atoms with E-state index in [0.29, 0.717) is 31.2 Å². The number of carbonyl (C=O) groups is 1. The Kier molecular flexibility index (Phi) is 7.97. The Balaban J connectivity index is 1.26. The van der Waals surface area contributed by atoms with Crippen LogP contribution in [0.2, 0.25) is 0 Å². The topological polar surface area (TPSA) is 83.6 Å². The first kappa shape index (κ1) is 25.4. The highest BCUT2D eigenvalue weighted by atomic mass is 32.2. The largest absolute Gasteiger partial charge is 0.493 e. The summed E-state index contributed by atoms with van der Waals surface area (Å²) in [5.41, 5.74) is 4.24. The highest BCUT2D eigenvalue weighted by Gasteiger charge is 2.18. The molecule has 0 spiro atoms. The van der Waals surface area contributed by atoms with Gasteiger partial charge in [-0.15, -0.1) is 0 Å². The van der Waals surface area contributed by atoms with Gasteiger partial charge >= 0.3 is 5.97 Å². The maximum absolute atomic E-state index is 11.9. The van der Waals surface area contributed by atoms with Crippen LogP contribution in [0.3, 0.4) is 0 Å². The second-order valence-corrected chi connectivity index (χ2v) is 9.88. The molecule has 0 saturated carbocycles. The van der Waals surface area contributed by atoms with Gasteiger partial charge in [0.25, 0.3) is 0 Å². The van der Waals surface area contributed by atoms with E-state index in [4.69, 9.17) is 9.47 Å². The highest BCUT2D eigenvalue weighted by molar-refractivity contribution is 7.99. The lowest BCUT2D eigenvalue weighted by molar-refractivity contribution is 0.0687. The average Bonchev–Trinajstić information content (AvgIpc) is 3.31. The predicted octanol–water partition coefficient (Wildman–Crippen LogP) is 6.89. The van der Waals surface area contributed by atoms with Crippen LogP contribution in [-0.2, 0) is 19.7 Å². The van der Waals surface area contributed by atoms with Crippen molar-refractivity contribution < 1.29 is 19.4 Å². The number of benzene rings is 4. The summed E-state index contributed by atoms with van der Waals surface area (Å²) in [7, 11) is 1.64. The third-order valence-electron chi connectivity index (χ3n) is 6.12. The molecular formula is C31H28N2O4S. The number of aromatic amines is 1. The number of aromatic nitrogens is 1. The maximum atomic E-state index is 11.9. The third-order valence-corrected chi connectivity index (χ3v) is 7.25. The zero-order chi connectivity index (χ0) is 26.3. The zero-order valence-corrected chi connectivity index (χ0v) is 21.8. The molecule has 4 aromatic carbocycles. The first-order valence-electron chi connectivity index (χ1n) is 12.3. The van der Waals surface area contributed by atoms with Gasteiger partial charge in [0, 0.05) is 28.9 Å². The smallest absolute Gasteiger partial charge is 0.353 e. The first-order chi connectivity index (χ1) is 18.6. The van der Waals surface area contributed by atoms with Gasteiger partial charge in [-0.2, -0.15) is 0 Å². The van der Waals surface area contributed by atoms with E-state index in [2.05, 4.69) is 10.3 Å². The molecule has 0 fully saturated rings. The van der Waals surface area contributed by atoms with Crippen LogP contribution in [0.5, 0.6) is 11.5 Å². The van der Waals surface area contributed by atoms with E-state index < -0.39 is 5.97 Å². The molecule has 0 unspecified atom stereocenters. The lowest BCUT2D eigenvalue weighted by Crippen LogP contribution is -2.12. The van der Waals surface area contributed by atoms with Gasteiger partial charge in [-0.1, -0.05) is 78.5 Å². The normalized spacial score (nSPS) is 11.0. The molecule has 3 N–H and O–H groups in total. The number of fused-ring (bicyclic) bond motifs is 1. The molecule has 1 heterocycles. The van der Waals surface area contributed by atoms with Crippen molar-refractivity contribution in [2.24, 2.45) is 0 Å². The van der Waals surface area contributed by atoms with E-state index in [1.165, 1.54) is 11.8 Å². The van der Waals surface area contributed by atoms with Crippen LogP contribution in [0.15, 0.2) is 107 Å². The van der Waals surface area contributed by atoms with Crippen LogP contribution >= 0.6 is 11.8 Å². The molecule has 0 amide bonds. The molecule has 0 aliphatic carbocycles. The molecule has 5 rings (SSSR count). The molecule has 6 nitrogen and oxygen atoms in total. The predicted molar refractivity (Wildman–Crippen MR) is 150 cm³/mol. The van der Waals surface area contributed by atoms with Gasteiger partial charge < -0.3 is 24.9 Å². The Bertz CT molecular complexity index is 1530. The van der Waals surface area contributed by atoms with Crippen molar-refractivity contribution in [3.63, 3.8) is 0 Å². The second kappa shape index (κ2) is 11.9. The summed E-state index contributed by atoms with van der Waals surface area (Å²) >= 11 is 1.46. The summed E-state index contributed by atoms with van der Waals surface area (Å²) < 4.78 is 11.5. The molecule has 0 aliphatic heterocycles. The number of nitrogens with one attached hydrogen (secondary N) is 2. The van der Waals surface area contributed by atoms with Crippen molar-refractivity contribution in [2.75, 3.05) is 7.11 Å². The summed E-state index contributed by atoms with van der Waals surface area (Å²) in [5, 5.41) is 14.1. The van der Waals surface area contributed by atoms with Crippen molar-refractivity contribution in [1.29, 1.82) is 0 Å². The molecule has 7 heteroatoms. The average molecular weight is 525 g/mol. The molecule has 1 aromatic heterocycles. The van der Waals surface area contributed by atoms with E-state index in [1.54, 1.807) is 7.11 Å². The number of hydrogen-bond donors (Lipinski definition) is 3. The molecule has 0 saturated heterocycles. The fourth-order valence-electron chi connectivity index (χ4n) is 4.22. The van der Waals surface area contributed by atoms with Crippen molar-refractivity contribution in [3.8, 4) is 11.5 Å². The minimum atomic E-state index is -0.968. The monoisotopic (exact) mass is 524 g/mol. The van der Waals surface area contributed by atoms with Crippen LogP contribution in [0, 0.1) is 0 Å². The Morgan fingerprint density at radius 2 is 1.53 bits per heavy atom. The summed E-state index contributed by atoms with van der Waals surface area (Å²) in [6.07, 6.45) is 0. The number of hydrogen-bond acceptors (Lipinski definition) is 5. The third kappa shape index (κ3) is 6.02. The van der Waals surface area contributed by atoms with E-state index in [1.807, 2.05) is 97.1 Å². The fraction of sp³-hybridized carbons (Fsp3) is 0.129. The quantitative estimate of drug-likeness (QED) is 0.174. The SMILES string of the molecule is COc1ccc(CNCc2ccc3c(Sc4ccccc4)c(C(=O)O)[nH]c3c2)cc1OCc1ccccc1. The Morgan fingerprint density at radius 1 is 0.842 bits per heavy atom. The summed E-state index contributed by atoms with van der Waals surface area (Å²) in [6, 6.07) is 31.8. The molecule has 0 atom stereocenters. The number of carboxylic acids is 1. The van der Waals surface area contributed by atoms with Crippen LogP contribution in [0.4, 0.5) is 0 Å². The Morgan fingerprint density at radius 3 is 2.24 bits per heavy atom. The molecular weight excluding hydrogens is 496 g/mol. The van der Waals surface area contributed by atoms with Crippen molar-refractivity contribution >= 4 is 28.6 Å². The van der Waals surface area contributed by atoms with Gasteiger partial charge in [0.1, 0.15) is 12.3 Å².